The van der Waals surface area contributed by atoms with Crippen LogP contribution < -0.4 is 10.1 Å². The third kappa shape index (κ3) is 3.71. The fourth-order valence-electron chi connectivity index (χ4n) is 3.45. The van der Waals surface area contributed by atoms with Gasteiger partial charge in [-0.1, -0.05) is 18.2 Å². The minimum atomic E-state index is -0.210. The zero-order chi connectivity index (χ0) is 20.4. The van der Waals surface area contributed by atoms with Gasteiger partial charge in [0, 0.05) is 30.4 Å². The number of carbonyl (C=O) groups excluding carboxylic acids is 1. The summed E-state index contributed by atoms with van der Waals surface area (Å²) < 4.78 is 9.30. The molecule has 0 saturated carbocycles. The van der Waals surface area contributed by atoms with Crippen LogP contribution in [0, 0.1) is 13.8 Å². The summed E-state index contributed by atoms with van der Waals surface area (Å²) >= 11 is 0. The predicted molar refractivity (Wildman–Crippen MR) is 112 cm³/mol. The maximum Gasteiger partial charge on any atom is 0.256 e. The number of rotatable bonds is 6. The summed E-state index contributed by atoms with van der Waals surface area (Å²) in [6, 6.07) is 13.2. The molecular formula is C22H23N5O2. The number of aryl methyl sites for hydroxylation is 3. The van der Waals surface area contributed by atoms with Gasteiger partial charge < -0.3 is 14.6 Å². The van der Waals surface area contributed by atoms with Gasteiger partial charge in [0.1, 0.15) is 0 Å². The van der Waals surface area contributed by atoms with Gasteiger partial charge >= 0.3 is 0 Å². The molecule has 4 rings (SSSR count). The first-order chi connectivity index (χ1) is 14.1. The van der Waals surface area contributed by atoms with Crippen molar-refractivity contribution in [2.75, 3.05) is 12.4 Å². The van der Waals surface area contributed by atoms with E-state index in [1.54, 1.807) is 13.2 Å². The smallest absolute Gasteiger partial charge is 0.256 e. The number of amides is 1. The second-order valence-electron chi connectivity index (χ2n) is 6.87. The molecule has 4 aromatic rings. The number of fused-ring (bicyclic) bond motifs is 1. The molecule has 1 N–H and O–H groups in total. The molecule has 1 amide bonds. The number of para-hydroxylation sites is 1. The average Bonchev–Trinajstić information content (AvgIpc) is 3.35. The number of carbonyl (C=O) groups is 1. The van der Waals surface area contributed by atoms with Gasteiger partial charge in [-0.2, -0.15) is 5.10 Å². The number of aromatic nitrogens is 4. The Morgan fingerprint density at radius 2 is 1.86 bits per heavy atom. The van der Waals surface area contributed by atoms with Gasteiger partial charge in [0.15, 0.2) is 0 Å². The second kappa shape index (κ2) is 7.79. The molecule has 7 nitrogen and oxygen atoms in total. The summed E-state index contributed by atoms with van der Waals surface area (Å²) in [5.41, 5.74) is 3.68. The van der Waals surface area contributed by atoms with Crippen LogP contribution in [0.25, 0.3) is 10.9 Å². The van der Waals surface area contributed by atoms with Gasteiger partial charge in [-0.3, -0.25) is 9.48 Å². The molecule has 0 radical (unpaired) electrons. The van der Waals surface area contributed by atoms with Crippen LogP contribution in [0.2, 0.25) is 0 Å². The third-order valence-corrected chi connectivity index (χ3v) is 5.00. The fraction of sp³-hybridized carbons (Fsp3) is 0.227. The van der Waals surface area contributed by atoms with Crippen molar-refractivity contribution < 1.29 is 9.53 Å². The molecule has 0 aliphatic heterocycles. The van der Waals surface area contributed by atoms with Crippen molar-refractivity contribution in [2.24, 2.45) is 0 Å². The van der Waals surface area contributed by atoms with Crippen molar-refractivity contribution in [3.05, 3.63) is 71.8 Å². The Morgan fingerprint density at radius 3 is 2.62 bits per heavy atom. The molecule has 3 aromatic heterocycles. The molecule has 0 unspecified atom stereocenters. The summed E-state index contributed by atoms with van der Waals surface area (Å²) in [6.07, 6.45) is 4.05. The first-order valence-corrected chi connectivity index (χ1v) is 9.46. The van der Waals surface area contributed by atoms with Crippen molar-refractivity contribution in [3.8, 4) is 5.88 Å². The van der Waals surface area contributed by atoms with E-state index in [-0.39, 0.29) is 5.91 Å². The van der Waals surface area contributed by atoms with Crippen LogP contribution in [-0.4, -0.2) is 32.3 Å². The van der Waals surface area contributed by atoms with E-state index in [1.807, 2.05) is 67.3 Å². The van der Waals surface area contributed by atoms with Crippen LogP contribution in [0.3, 0.4) is 0 Å². The number of nitrogens with one attached hydrogen (secondary N) is 1. The second-order valence-corrected chi connectivity index (χ2v) is 6.87. The molecule has 0 fully saturated rings. The molecule has 0 atom stereocenters. The average molecular weight is 389 g/mol. The van der Waals surface area contributed by atoms with Crippen molar-refractivity contribution in [1.29, 1.82) is 0 Å². The first kappa shape index (κ1) is 18.7. The summed E-state index contributed by atoms with van der Waals surface area (Å²) in [7, 11) is 1.54. The monoisotopic (exact) mass is 389 g/mol. The lowest BCUT2D eigenvalue weighted by Crippen LogP contribution is -2.15. The van der Waals surface area contributed by atoms with Crippen LogP contribution in [-0.2, 0) is 13.1 Å². The number of pyridine rings is 1. The van der Waals surface area contributed by atoms with E-state index in [2.05, 4.69) is 20.0 Å². The molecule has 0 aliphatic rings. The van der Waals surface area contributed by atoms with E-state index >= 15 is 0 Å². The Balaban J connectivity index is 1.61. The Bertz CT molecular complexity index is 1160. The molecule has 0 bridgehead atoms. The van der Waals surface area contributed by atoms with Crippen LogP contribution >= 0.6 is 0 Å². The fourth-order valence-corrected chi connectivity index (χ4v) is 3.45. The summed E-state index contributed by atoms with van der Waals surface area (Å²) in [5, 5.41) is 8.42. The van der Waals surface area contributed by atoms with Gasteiger partial charge in [0.25, 0.3) is 5.91 Å². The number of methoxy groups -OCH3 is 1. The Hall–Kier alpha value is -3.61. The minimum absolute atomic E-state index is 0.210. The summed E-state index contributed by atoms with van der Waals surface area (Å²) in [5.74, 6) is 0.197. The first-order valence-electron chi connectivity index (χ1n) is 9.46. The molecule has 1 aromatic carbocycles. The lowest BCUT2D eigenvalue weighted by Gasteiger charge is -2.10. The van der Waals surface area contributed by atoms with E-state index in [4.69, 9.17) is 4.74 Å². The number of nitrogens with zero attached hydrogens (tertiary/aromatic N) is 4. The highest BCUT2D eigenvalue weighted by atomic mass is 16.5. The third-order valence-electron chi connectivity index (χ3n) is 5.00. The highest BCUT2D eigenvalue weighted by Crippen LogP contribution is 2.25. The van der Waals surface area contributed by atoms with E-state index < -0.39 is 0 Å². The molecule has 7 heteroatoms. The van der Waals surface area contributed by atoms with Crippen molar-refractivity contribution in [3.63, 3.8) is 0 Å². The zero-order valence-electron chi connectivity index (χ0n) is 16.7. The van der Waals surface area contributed by atoms with Gasteiger partial charge in [-0.05, 0) is 32.0 Å². The van der Waals surface area contributed by atoms with E-state index in [9.17, 15) is 4.79 Å². The highest BCUT2D eigenvalue weighted by Gasteiger charge is 2.18. The van der Waals surface area contributed by atoms with Crippen molar-refractivity contribution in [2.45, 2.75) is 26.9 Å². The molecule has 0 aliphatic carbocycles. The number of anilines is 1. The number of hydrogen-bond donors (Lipinski definition) is 1. The standard InChI is InChI=1S/C22H23N5O2/c1-15-21(16(2)27(25-15)13-12-26-10-6-7-11-26)24-22(28)18-14-20(29-3)23-19-9-5-4-8-17(18)19/h4-11,14H,12-13H2,1-3H3,(H,24,28). The lowest BCUT2D eigenvalue weighted by atomic mass is 10.1. The summed E-state index contributed by atoms with van der Waals surface area (Å²) in [4.78, 5) is 17.5. The van der Waals surface area contributed by atoms with Crippen LogP contribution in [0.15, 0.2) is 54.9 Å². The zero-order valence-corrected chi connectivity index (χ0v) is 16.7. The lowest BCUT2D eigenvalue weighted by molar-refractivity contribution is 0.102. The number of hydrogen-bond acceptors (Lipinski definition) is 4. The SMILES string of the molecule is COc1cc(C(=O)Nc2c(C)nn(CCn3cccc3)c2C)c2ccccc2n1. The van der Waals surface area contributed by atoms with Crippen molar-refractivity contribution in [1.82, 2.24) is 19.3 Å². The van der Waals surface area contributed by atoms with Gasteiger partial charge in [-0.25, -0.2) is 4.98 Å². The predicted octanol–water partition coefficient (Wildman–Crippen LogP) is 3.81. The summed E-state index contributed by atoms with van der Waals surface area (Å²) in [6.45, 7) is 5.41. The normalized spacial score (nSPS) is 11.0. The topological polar surface area (TPSA) is 74.0 Å². The van der Waals surface area contributed by atoms with Crippen LogP contribution in [0.1, 0.15) is 21.7 Å². The number of benzene rings is 1. The maximum absolute atomic E-state index is 13.1. The van der Waals surface area contributed by atoms with Crippen LogP contribution in [0.4, 0.5) is 5.69 Å². The quantitative estimate of drug-likeness (QED) is 0.544. The highest BCUT2D eigenvalue weighted by molar-refractivity contribution is 6.12. The maximum atomic E-state index is 13.1. The van der Waals surface area contributed by atoms with E-state index in [1.165, 1.54) is 0 Å². The molecule has 3 heterocycles. The molecule has 0 saturated heterocycles. The largest absolute Gasteiger partial charge is 0.481 e. The minimum Gasteiger partial charge on any atom is -0.481 e. The Labute approximate surface area is 168 Å². The van der Waals surface area contributed by atoms with E-state index in [0.717, 1.165) is 35.6 Å². The molecule has 148 valence electrons. The molecular weight excluding hydrogens is 366 g/mol. The Morgan fingerprint density at radius 1 is 1.10 bits per heavy atom. The van der Waals surface area contributed by atoms with Gasteiger partial charge in [-0.15, -0.1) is 0 Å². The van der Waals surface area contributed by atoms with Crippen LogP contribution in [0.5, 0.6) is 5.88 Å². The molecule has 0 spiro atoms. The van der Waals surface area contributed by atoms with Crippen molar-refractivity contribution >= 4 is 22.5 Å². The number of ether oxygens (including phenoxy) is 1. The molecule has 29 heavy (non-hydrogen) atoms. The van der Waals surface area contributed by atoms with Gasteiger partial charge in [0.05, 0.1) is 41.8 Å². The Kier molecular flexibility index (Phi) is 5.03. The van der Waals surface area contributed by atoms with Gasteiger partial charge in [0.2, 0.25) is 5.88 Å². The van der Waals surface area contributed by atoms with E-state index in [0.29, 0.717) is 17.0 Å².